The topological polar surface area (TPSA) is 35.6 Å². The standard InChI is InChI=1S/C12H25N3O/c1-12(2,3)15(5)11(16)13-10-6-8-14(4)9-7-10/h10H,6-9H2,1-5H3,(H,13,16). The predicted octanol–water partition coefficient (Wildman–Crippen LogP) is 1.52. The molecule has 0 aromatic carbocycles. The molecule has 0 saturated carbocycles. The number of nitrogens with zero attached hydrogens (tertiary/aromatic N) is 2. The second-order valence-electron chi connectivity index (χ2n) is 5.76. The van der Waals surface area contributed by atoms with Gasteiger partial charge in [0.1, 0.15) is 0 Å². The highest BCUT2D eigenvalue weighted by atomic mass is 16.2. The molecule has 2 amide bonds. The van der Waals surface area contributed by atoms with Crippen LogP contribution in [0.1, 0.15) is 33.6 Å². The van der Waals surface area contributed by atoms with Crippen LogP contribution in [0.2, 0.25) is 0 Å². The molecule has 1 heterocycles. The summed E-state index contributed by atoms with van der Waals surface area (Å²) in [4.78, 5) is 16.0. The van der Waals surface area contributed by atoms with Gasteiger partial charge in [-0.1, -0.05) is 0 Å². The van der Waals surface area contributed by atoms with E-state index in [4.69, 9.17) is 0 Å². The Balaban J connectivity index is 2.40. The Morgan fingerprint density at radius 1 is 1.31 bits per heavy atom. The van der Waals surface area contributed by atoms with Crippen molar-refractivity contribution in [3.63, 3.8) is 0 Å². The normalized spacial score (nSPS) is 19.6. The molecule has 1 N–H and O–H groups in total. The maximum absolute atomic E-state index is 11.9. The van der Waals surface area contributed by atoms with E-state index in [0.717, 1.165) is 25.9 Å². The molecule has 0 aromatic heterocycles. The minimum absolute atomic E-state index is 0.0436. The lowest BCUT2D eigenvalue weighted by Gasteiger charge is -2.35. The Morgan fingerprint density at radius 3 is 2.25 bits per heavy atom. The summed E-state index contributed by atoms with van der Waals surface area (Å²) in [6.07, 6.45) is 2.11. The fraction of sp³-hybridized carbons (Fsp3) is 0.917. The largest absolute Gasteiger partial charge is 0.335 e. The van der Waals surface area contributed by atoms with Crippen LogP contribution in [0.5, 0.6) is 0 Å². The first-order chi connectivity index (χ1) is 7.30. The molecule has 0 radical (unpaired) electrons. The van der Waals surface area contributed by atoms with Crippen LogP contribution in [-0.2, 0) is 0 Å². The summed E-state index contributed by atoms with van der Waals surface area (Å²) in [7, 11) is 3.98. The lowest BCUT2D eigenvalue weighted by Crippen LogP contribution is -2.52. The number of amides is 2. The summed E-state index contributed by atoms with van der Waals surface area (Å²) in [6.45, 7) is 8.28. The van der Waals surface area contributed by atoms with Gasteiger partial charge in [0, 0.05) is 18.6 Å². The lowest BCUT2D eigenvalue weighted by molar-refractivity contribution is 0.154. The molecule has 0 aromatic rings. The summed E-state index contributed by atoms with van der Waals surface area (Å²) in [5.41, 5.74) is -0.116. The molecular formula is C12H25N3O. The van der Waals surface area contributed by atoms with Crippen molar-refractivity contribution in [3.8, 4) is 0 Å². The third kappa shape index (κ3) is 3.67. The Morgan fingerprint density at radius 2 is 1.81 bits per heavy atom. The molecule has 1 fully saturated rings. The first-order valence-electron chi connectivity index (χ1n) is 6.03. The minimum Gasteiger partial charge on any atom is -0.335 e. The molecule has 1 saturated heterocycles. The molecule has 16 heavy (non-hydrogen) atoms. The molecule has 0 bridgehead atoms. The molecule has 4 nitrogen and oxygen atoms in total. The number of hydrogen-bond donors (Lipinski definition) is 1. The van der Waals surface area contributed by atoms with Crippen LogP contribution in [0.4, 0.5) is 4.79 Å². The van der Waals surface area contributed by atoms with Crippen LogP contribution in [0.15, 0.2) is 0 Å². The zero-order chi connectivity index (χ0) is 12.3. The van der Waals surface area contributed by atoms with Gasteiger partial charge in [-0.3, -0.25) is 0 Å². The van der Waals surface area contributed by atoms with Crippen LogP contribution in [0.3, 0.4) is 0 Å². The monoisotopic (exact) mass is 227 g/mol. The number of urea groups is 1. The van der Waals surface area contributed by atoms with Crippen LogP contribution in [0.25, 0.3) is 0 Å². The van der Waals surface area contributed by atoms with E-state index in [0.29, 0.717) is 6.04 Å². The summed E-state index contributed by atoms with van der Waals surface area (Å²) < 4.78 is 0. The van der Waals surface area contributed by atoms with Gasteiger partial charge in [-0.2, -0.15) is 0 Å². The van der Waals surface area contributed by atoms with Crippen molar-refractivity contribution in [2.45, 2.75) is 45.2 Å². The molecule has 0 aliphatic carbocycles. The zero-order valence-corrected chi connectivity index (χ0v) is 11.2. The van der Waals surface area contributed by atoms with Crippen LogP contribution >= 0.6 is 0 Å². The predicted molar refractivity (Wildman–Crippen MR) is 66.6 cm³/mol. The number of rotatable bonds is 1. The molecular weight excluding hydrogens is 202 g/mol. The highest BCUT2D eigenvalue weighted by Crippen LogP contribution is 2.13. The van der Waals surface area contributed by atoms with E-state index in [2.05, 4.69) is 17.3 Å². The van der Waals surface area contributed by atoms with Gasteiger partial charge in [-0.15, -0.1) is 0 Å². The maximum Gasteiger partial charge on any atom is 0.317 e. The third-order valence-electron chi connectivity index (χ3n) is 3.36. The molecule has 1 aliphatic heterocycles. The van der Waals surface area contributed by atoms with Gasteiger partial charge in [0.15, 0.2) is 0 Å². The van der Waals surface area contributed by atoms with Gasteiger partial charge in [-0.25, -0.2) is 4.79 Å². The van der Waals surface area contributed by atoms with Crippen LogP contribution < -0.4 is 5.32 Å². The van der Waals surface area contributed by atoms with Gasteiger partial charge in [0.2, 0.25) is 0 Å². The molecule has 0 spiro atoms. The van der Waals surface area contributed by atoms with E-state index in [9.17, 15) is 4.79 Å². The zero-order valence-electron chi connectivity index (χ0n) is 11.2. The number of carbonyl (C=O) groups excluding carboxylic acids is 1. The van der Waals surface area contributed by atoms with Gasteiger partial charge in [0.05, 0.1) is 0 Å². The third-order valence-corrected chi connectivity index (χ3v) is 3.36. The number of hydrogen-bond acceptors (Lipinski definition) is 2. The molecule has 94 valence electrons. The SMILES string of the molecule is CN1CCC(NC(=O)N(C)C(C)(C)C)CC1. The second kappa shape index (κ2) is 5.04. The van der Waals surface area contributed by atoms with E-state index in [1.54, 1.807) is 4.90 Å². The van der Waals surface area contributed by atoms with E-state index < -0.39 is 0 Å². The fourth-order valence-corrected chi connectivity index (χ4v) is 1.73. The highest BCUT2D eigenvalue weighted by Gasteiger charge is 2.25. The molecule has 1 aliphatic rings. The Bertz CT molecular complexity index is 239. The first-order valence-corrected chi connectivity index (χ1v) is 6.03. The van der Waals surface area contributed by atoms with Crippen molar-refractivity contribution in [1.82, 2.24) is 15.1 Å². The van der Waals surface area contributed by atoms with Crippen molar-refractivity contribution in [2.75, 3.05) is 27.2 Å². The number of likely N-dealkylation sites (tertiary alicyclic amines) is 1. The molecule has 4 heteroatoms. The molecule has 0 unspecified atom stereocenters. The Kier molecular flexibility index (Phi) is 4.19. The van der Waals surface area contributed by atoms with Crippen LogP contribution in [-0.4, -0.2) is 54.6 Å². The highest BCUT2D eigenvalue weighted by molar-refractivity contribution is 5.75. The van der Waals surface area contributed by atoms with Crippen molar-refractivity contribution in [2.24, 2.45) is 0 Å². The minimum atomic E-state index is -0.116. The van der Waals surface area contributed by atoms with E-state index in [-0.39, 0.29) is 11.6 Å². The molecule has 1 rings (SSSR count). The van der Waals surface area contributed by atoms with Gasteiger partial charge in [0.25, 0.3) is 0 Å². The molecule has 0 atom stereocenters. The average Bonchev–Trinajstić information content (AvgIpc) is 2.19. The van der Waals surface area contributed by atoms with Crippen LogP contribution in [0, 0.1) is 0 Å². The Labute approximate surface area is 99.0 Å². The summed E-state index contributed by atoms with van der Waals surface area (Å²) >= 11 is 0. The van der Waals surface area contributed by atoms with Crippen molar-refractivity contribution >= 4 is 6.03 Å². The smallest absolute Gasteiger partial charge is 0.317 e. The number of piperidine rings is 1. The summed E-state index contributed by atoms with van der Waals surface area (Å²) in [5, 5.41) is 3.11. The summed E-state index contributed by atoms with van der Waals surface area (Å²) in [6, 6.07) is 0.385. The van der Waals surface area contributed by atoms with Gasteiger partial charge < -0.3 is 15.1 Å². The van der Waals surface area contributed by atoms with Gasteiger partial charge in [-0.05, 0) is 53.8 Å². The van der Waals surface area contributed by atoms with Crippen molar-refractivity contribution in [1.29, 1.82) is 0 Å². The van der Waals surface area contributed by atoms with E-state index >= 15 is 0 Å². The maximum atomic E-state index is 11.9. The van der Waals surface area contributed by atoms with Gasteiger partial charge >= 0.3 is 6.03 Å². The van der Waals surface area contributed by atoms with E-state index in [1.807, 2.05) is 27.8 Å². The lowest BCUT2D eigenvalue weighted by atomic mass is 10.1. The summed E-state index contributed by atoms with van der Waals surface area (Å²) in [5.74, 6) is 0. The second-order valence-corrected chi connectivity index (χ2v) is 5.76. The quantitative estimate of drug-likeness (QED) is 0.737. The fourth-order valence-electron chi connectivity index (χ4n) is 1.73. The number of carbonyl (C=O) groups is 1. The number of nitrogens with one attached hydrogen (secondary N) is 1. The first kappa shape index (κ1) is 13.3. The average molecular weight is 227 g/mol. The Hall–Kier alpha value is -0.770. The van der Waals surface area contributed by atoms with Crippen molar-refractivity contribution < 1.29 is 4.79 Å². The van der Waals surface area contributed by atoms with Crippen molar-refractivity contribution in [3.05, 3.63) is 0 Å². The van der Waals surface area contributed by atoms with E-state index in [1.165, 1.54) is 0 Å².